The standard InChI is InChI=1S/C20H29NSi/c1-15(2)22(16(3)4,17(5)6)19-12-13-20(21-14-19)18-10-8-7-9-11-18/h7-17H,1-6H3/i7D,8D,9D,10D. The maximum atomic E-state index is 8.13. The Morgan fingerprint density at radius 1 is 0.864 bits per heavy atom. The highest BCUT2D eigenvalue weighted by molar-refractivity contribution is 6.94. The number of benzene rings is 1. The van der Waals surface area contributed by atoms with Gasteiger partial charge in [0.15, 0.2) is 0 Å². The van der Waals surface area contributed by atoms with E-state index in [-0.39, 0.29) is 24.2 Å². The van der Waals surface area contributed by atoms with Gasteiger partial charge >= 0.3 is 0 Å². The zero-order valence-electron chi connectivity index (χ0n) is 18.5. The molecule has 0 spiro atoms. The van der Waals surface area contributed by atoms with Crippen molar-refractivity contribution in [1.82, 2.24) is 4.98 Å². The van der Waals surface area contributed by atoms with Gasteiger partial charge in [0.05, 0.1) is 19.3 Å². The molecule has 0 N–H and O–H groups in total. The average molecular weight is 316 g/mol. The smallest absolute Gasteiger partial charge is 0.0962 e. The van der Waals surface area contributed by atoms with Crippen LogP contribution in [0.15, 0.2) is 48.6 Å². The Hall–Kier alpha value is -1.41. The van der Waals surface area contributed by atoms with Crippen LogP contribution in [0.5, 0.6) is 0 Å². The van der Waals surface area contributed by atoms with E-state index in [9.17, 15) is 0 Å². The molecule has 0 bridgehead atoms. The van der Waals surface area contributed by atoms with Gasteiger partial charge in [-0.15, -0.1) is 0 Å². The Bertz CT molecular complexity index is 764. The number of rotatable bonds is 5. The Balaban J connectivity index is 2.58. The van der Waals surface area contributed by atoms with Crippen LogP contribution < -0.4 is 5.19 Å². The lowest BCUT2D eigenvalue weighted by atomic mass is 10.1. The van der Waals surface area contributed by atoms with E-state index >= 15 is 0 Å². The summed E-state index contributed by atoms with van der Waals surface area (Å²) < 4.78 is 31.5. The second-order valence-electron chi connectivity index (χ2n) is 6.91. The SMILES string of the molecule is [2H]c1cc(-c2ccc([Si](C(C)C)(C(C)C)C(C)C)cn2)c([2H])c([2H])c1[2H]. The molecule has 1 nitrogen and oxygen atoms in total. The van der Waals surface area contributed by atoms with Gasteiger partial charge in [0.1, 0.15) is 0 Å². The van der Waals surface area contributed by atoms with Gasteiger partial charge in [-0.05, 0) is 27.9 Å². The minimum absolute atomic E-state index is 0.0358. The fourth-order valence-electron chi connectivity index (χ4n) is 4.23. The molecule has 1 heterocycles. The summed E-state index contributed by atoms with van der Waals surface area (Å²) in [7, 11) is -1.79. The maximum Gasteiger partial charge on any atom is 0.0962 e. The number of hydrogen-bond donors (Lipinski definition) is 0. The second-order valence-corrected chi connectivity index (χ2v) is 12.8. The van der Waals surface area contributed by atoms with Crippen molar-refractivity contribution in [3.8, 4) is 11.3 Å². The van der Waals surface area contributed by atoms with Crippen LogP contribution in [0.4, 0.5) is 0 Å². The molecule has 0 aliphatic heterocycles. The van der Waals surface area contributed by atoms with Crippen LogP contribution in [0.2, 0.25) is 16.6 Å². The first-order valence-corrected chi connectivity index (χ1v) is 10.3. The van der Waals surface area contributed by atoms with Crippen LogP contribution in [-0.4, -0.2) is 13.1 Å². The van der Waals surface area contributed by atoms with Crippen molar-refractivity contribution in [2.24, 2.45) is 0 Å². The fraction of sp³-hybridized carbons (Fsp3) is 0.450. The minimum atomic E-state index is -1.79. The third-order valence-electron chi connectivity index (χ3n) is 4.95. The van der Waals surface area contributed by atoms with E-state index in [2.05, 4.69) is 52.6 Å². The van der Waals surface area contributed by atoms with E-state index in [4.69, 9.17) is 5.48 Å². The van der Waals surface area contributed by atoms with Crippen LogP contribution in [0.25, 0.3) is 11.3 Å². The van der Waals surface area contributed by atoms with Crippen LogP contribution in [0.1, 0.15) is 47.0 Å². The molecular formula is C20H29NSi. The number of aromatic nitrogens is 1. The lowest BCUT2D eigenvalue weighted by molar-refractivity contribution is 0.834. The third kappa shape index (κ3) is 2.89. The van der Waals surface area contributed by atoms with Gasteiger partial charge in [-0.3, -0.25) is 4.98 Å². The fourth-order valence-corrected chi connectivity index (χ4v) is 10.9. The third-order valence-corrected chi connectivity index (χ3v) is 12.0. The first kappa shape index (κ1) is 12.1. The minimum Gasteiger partial charge on any atom is -0.256 e. The van der Waals surface area contributed by atoms with Crippen LogP contribution in [0.3, 0.4) is 0 Å². The molecule has 1 aromatic heterocycles. The summed E-state index contributed by atoms with van der Waals surface area (Å²) in [5, 5.41) is 1.32. The zero-order chi connectivity index (χ0) is 19.8. The van der Waals surface area contributed by atoms with Gasteiger partial charge < -0.3 is 0 Å². The molecule has 0 saturated heterocycles. The summed E-state index contributed by atoms with van der Waals surface area (Å²) in [4.78, 5) is 4.62. The largest absolute Gasteiger partial charge is 0.256 e. The highest BCUT2D eigenvalue weighted by Crippen LogP contribution is 2.40. The summed E-state index contributed by atoms with van der Waals surface area (Å²) in [5.74, 6) is 0. The molecular weight excluding hydrogens is 282 g/mol. The van der Waals surface area contributed by atoms with Crippen LogP contribution in [0, 0.1) is 0 Å². The average Bonchev–Trinajstić information content (AvgIpc) is 2.56. The van der Waals surface area contributed by atoms with E-state index in [1.165, 1.54) is 11.3 Å². The van der Waals surface area contributed by atoms with Gasteiger partial charge in [0, 0.05) is 11.8 Å². The van der Waals surface area contributed by atoms with Crippen molar-refractivity contribution in [2.75, 3.05) is 0 Å². The molecule has 2 aromatic rings. The topological polar surface area (TPSA) is 12.9 Å². The van der Waals surface area contributed by atoms with Crippen molar-refractivity contribution in [3.05, 3.63) is 48.6 Å². The highest BCUT2D eigenvalue weighted by atomic mass is 28.3. The molecule has 0 saturated carbocycles. The first-order valence-electron chi connectivity index (χ1n) is 10.1. The van der Waals surface area contributed by atoms with E-state index in [0.29, 0.717) is 27.9 Å². The quantitative estimate of drug-likeness (QED) is 0.651. The summed E-state index contributed by atoms with van der Waals surface area (Å²) in [5.41, 5.74) is 2.81. The molecule has 0 amide bonds. The van der Waals surface area contributed by atoms with Crippen molar-refractivity contribution < 1.29 is 5.48 Å². The predicted octanol–water partition coefficient (Wildman–Crippen LogP) is 5.63. The summed E-state index contributed by atoms with van der Waals surface area (Å²) in [6, 6.07) is 5.03. The Morgan fingerprint density at radius 2 is 1.50 bits per heavy atom. The Kier molecular flexibility index (Phi) is 3.72. The van der Waals surface area contributed by atoms with Gasteiger partial charge in [0.2, 0.25) is 0 Å². The normalized spacial score (nSPS) is 15.0. The first-order chi connectivity index (χ1) is 12.0. The van der Waals surface area contributed by atoms with Crippen molar-refractivity contribution in [2.45, 2.75) is 58.2 Å². The Morgan fingerprint density at radius 3 is 2.00 bits per heavy atom. The molecule has 0 aliphatic rings. The highest BCUT2D eigenvalue weighted by Gasteiger charge is 2.44. The van der Waals surface area contributed by atoms with Crippen molar-refractivity contribution in [1.29, 1.82) is 0 Å². The summed E-state index contributed by atoms with van der Waals surface area (Å²) in [6.45, 7) is 13.9. The van der Waals surface area contributed by atoms with Gasteiger partial charge in [0.25, 0.3) is 0 Å². The predicted molar refractivity (Wildman–Crippen MR) is 100 cm³/mol. The van der Waals surface area contributed by atoms with Gasteiger partial charge in [-0.25, -0.2) is 0 Å². The van der Waals surface area contributed by atoms with E-state index in [1.807, 2.05) is 12.3 Å². The summed E-state index contributed by atoms with van der Waals surface area (Å²) in [6.07, 6.45) is 1.95. The molecule has 2 heteroatoms. The molecule has 0 radical (unpaired) electrons. The molecule has 0 unspecified atom stereocenters. The number of nitrogens with zero attached hydrogens (tertiary/aromatic N) is 1. The van der Waals surface area contributed by atoms with Gasteiger partial charge in [-0.1, -0.05) is 77.8 Å². The molecule has 0 aliphatic carbocycles. The van der Waals surface area contributed by atoms with E-state index in [0.717, 1.165) is 0 Å². The zero-order valence-corrected chi connectivity index (χ0v) is 15.5. The second kappa shape index (κ2) is 6.78. The molecule has 0 fully saturated rings. The molecule has 118 valence electrons. The van der Waals surface area contributed by atoms with Crippen molar-refractivity contribution >= 4 is 13.3 Å². The van der Waals surface area contributed by atoms with E-state index in [1.54, 1.807) is 0 Å². The van der Waals surface area contributed by atoms with Gasteiger partial charge in [-0.2, -0.15) is 0 Å². The van der Waals surface area contributed by atoms with Crippen LogP contribution in [-0.2, 0) is 0 Å². The number of pyridine rings is 1. The molecule has 2 rings (SSSR count). The number of hydrogen-bond acceptors (Lipinski definition) is 1. The van der Waals surface area contributed by atoms with Crippen LogP contribution >= 0.6 is 0 Å². The molecule has 22 heavy (non-hydrogen) atoms. The monoisotopic (exact) mass is 315 g/mol. The summed E-state index contributed by atoms with van der Waals surface area (Å²) >= 11 is 0. The molecule has 0 atom stereocenters. The Labute approximate surface area is 142 Å². The van der Waals surface area contributed by atoms with Crippen molar-refractivity contribution in [3.63, 3.8) is 0 Å². The van der Waals surface area contributed by atoms with E-state index < -0.39 is 8.07 Å². The lowest BCUT2D eigenvalue weighted by Gasteiger charge is -2.43. The maximum absolute atomic E-state index is 8.13. The molecule has 1 aromatic carbocycles. The lowest BCUT2D eigenvalue weighted by Crippen LogP contribution is -2.55.